The summed E-state index contributed by atoms with van der Waals surface area (Å²) in [5.74, 6) is 2.66. The minimum atomic E-state index is 0.334. The fraction of sp³-hybridized carbons (Fsp3) is 0.533. The summed E-state index contributed by atoms with van der Waals surface area (Å²) in [5, 5.41) is 8.82. The molecular formula is C15H21NO2S. The highest BCUT2D eigenvalue weighted by atomic mass is 32.2. The third kappa shape index (κ3) is 4.68. The molecule has 19 heavy (non-hydrogen) atoms. The van der Waals surface area contributed by atoms with Gasteiger partial charge < -0.3 is 9.47 Å². The molecule has 0 aliphatic heterocycles. The Bertz CT molecular complexity index is 441. The topological polar surface area (TPSA) is 42.2 Å². The third-order valence-electron chi connectivity index (χ3n) is 2.84. The summed E-state index contributed by atoms with van der Waals surface area (Å²) >= 11 is 1.78. The zero-order valence-corrected chi connectivity index (χ0v) is 12.7. The van der Waals surface area contributed by atoms with Gasteiger partial charge in [0.1, 0.15) is 11.5 Å². The zero-order valence-electron chi connectivity index (χ0n) is 11.9. The van der Waals surface area contributed by atoms with E-state index in [1.807, 2.05) is 12.1 Å². The molecule has 0 aliphatic carbocycles. The number of methoxy groups -OCH3 is 2. The molecule has 0 aromatic heterocycles. The number of benzene rings is 1. The van der Waals surface area contributed by atoms with E-state index >= 15 is 0 Å². The van der Waals surface area contributed by atoms with Crippen molar-refractivity contribution < 1.29 is 9.47 Å². The fourth-order valence-electron chi connectivity index (χ4n) is 1.80. The molecule has 104 valence electrons. The maximum atomic E-state index is 8.82. The molecule has 0 aliphatic rings. The van der Waals surface area contributed by atoms with E-state index in [0.717, 1.165) is 27.7 Å². The van der Waals surface area contributed by atoms with Crippen molar-refractivity contribution in [2.24, 2.45) is 0 Å². The minimum Gasteiger partial charge on any atom is -0.496 e. The molecular weight excluding hydrogens is 258 g/mol. The standard InChI is InChI=1S/C15H21NO2S/c1-4-5-6-9-19-15-11-13(17-2)12(7-8-16)10-14(15)18-3/h10-11H,4-7,9H2,1-3H3. The van der Waals surface area contributed by atoms with Gasteiger partial charge in [0.05, 0.1) is 31.6 Å². The van der Waals surface area contributed by atoms with E-state index in [9.17, 15) is 0 Å². The van der Waals surface area contributed by atoms with Crippen LogP contribution in [0.1, 0.15) is 31.7 Å². The number of unbranched alkanes of at least 4 members (excludes halogenated alkanes) is 2. The minimum absolute atomic E-state index is 0.334. The number of rotatable bonds is 8. The van der Waals surface area contributed by atoms with Gasteiger partial charge in [0.25, 0.3) is 0 Å². The van der Waals surface area contributed by atoms with Crippen LogP contribution >= 0.6 is 11.8 Å². The van der Waals surface area contributed by atoms with Crippen molar-refractivity contribution in [3.8, 4) is 17.6 Å². The number of nitriles is 1. The van der Waals surface area contributed by atoms with Crippen molar-refractivity contribution >= 4 is 11.8 Å². The predicted molar refractivity (Wildman–Crippen MR) is 79.1 cm³/mol. The smallest absolute Gasteiger partial charge is 0.132 e. The van der Waals surface area contributed by atoms with Gasteiger partial charge in [0, 0.05) is 5.56 Å². The van der Waals surface area contributed by atoms with Crippen LogP contribution in [0, 0.1) is 11.3 Å². The Morgan fingerprint density at radius 1 is 1.16 bits per heavy atom. The molecule has 0 amide bonds. The summed E-state index contributed by atoms with van der Waals surface area (Å²) in [6.07, 6.45) is 4.01. The number of hydrogen-bond donors (Lipinski definition) is 0. The average Bonchev–Trinajstić information content (AvgIpc) is 2.44. The molecule has 0 saturated heterocycles. The molecule has 0 saturated carbocycles. The summed E-state index contributed by atoms with van der Waals surface area (Å²) < 4.78 is 10.7. The fourth-order valence-corrected chi connectivity index (χ4v) is 2.85. The van der Waals surface area contributed by atoms with Crippen LogP contribution in [0.4, 0.5) is 0 Å². The van der Waals surface area contributed by atoms with Crippen LogP contribution in [0.5, 0.6) is 11.5 Å². The van der Waals surface area contributed by atoms with Crippen LogP contribution in [0.3, 0.4) is 0 Å². The Kier molecular flexibility index (Phi) is 7.20. The first-order valence-corrected chi connectivity index (χ1v) is 7.50. The summed E-state index contributed by atoms with van der Waals surface area (Å²) in [6, 6.07) is 6.03. The second-order valence-corrected chi connectivity index (χ2v) is 5.34. The molecule has 3 nitrogen and oxygen atoms in total. The molecule has 0 bridgehead atoms. The SMILES string of the molecule is CCCCCSc1cc(OC)c(CC#N)cc1OC. The van der Waals surface area contributed by atoms with Gasteiger partial charge in [-0.05, 0) is 24.3 Å². The van der Waals surface area contributed by atoms with Crippen molar-refractivity contribution in [1.29, 1.82) is 5.26 Å². The Morgan fingerprint density at radius 3 is 2.47 bits per heavy atom. The van der Waals surface area contributed by atoms with Crippen LogP contribution in [0.2, 0.25) is 0 Å². The summed E-state index contributed by atoms with van der Waals surface area (Å²) in [6.45, 7) is 2.20. The Hall–Kier alpha value is -1.34. The highest BCUT2D eigenvalue weighted by molar-refractivity contribution is 7.99. The van der Waals surface area contributed by atoms with Crippen LogP contribution in [0.25, 0.3) is 0 Å². The molecule has 0 N–H and O–H groups in total. The Labute approximate surface area is 119 Å². The second-order valence-electron chi connectivity index (χ2n) is 4.21. The molecule has 0 spiro atoms. The zero-order chi connectivity index (χ0) is 14.1. The normalized spacial score (nSPS) is 10.0. The number of thioether (sulfide) groups is 1. The Balaban J connectivity index is 2.87. The molecule has 1 aromatic carbocycles. The van der Waals surface area contributed by atoms with Crippen LogP contribution in [-0.4, -0.2) is 20.0 Å². The van der Waals surface area contributed by atoms with Gasteiger partial charge in [-0.1, -0.05) is 19.8 Å². The average molecular weight is 279 g/mol. The van der Waals surface area contributed by atoms with Crippen LogP contribution < -0.4 is 9.47 Å². The molecule has 0 atom stereocenters. The predicted octanol–water partition coefficient (Wildman–Crippen LogP) is 4.05. The van der Waals surface area contributed by atoms with Crippen molar-refractivity contribution in [3.05, 3.63) is 17.7 Å². The van der Waals surface area contributed by atoms with Crippen molar-refractivity contribution in [2.75, 3.05) is 20.0 Å². The first kappa shape index (κ1) is 15.7. The molecule has 4 heteroatoms. The lowest BCUT2D eigenvalue weighted by atomic mass is 10.1. The van der Waals surface area contributed by atoms with Gasteiger partial charge in [-0.25, -0.2) is 0 Å². The number of ether oxygens (including phenoxy) is 2. The van der Waals surface area contributed by atoms with Gasteiger partial charge in [-0.15, -0.1) is 11.8 Å². The molecule has 1 rings (SSSR count). The third-order valence-corrected chi connectivity index (χ3v) is 3.96. The van der Waals surface area contributed by atoms with Gasteiger partial charge in [-0.3, -0.25) is 0 Å². The summed E-state index contributed by atoms with van der Waals surface area (Å²) in [4.78, 5) is 1.08. The molecule has 0 fully saturated rings. The van der Waals surface area contributed by atoms with Crippen LogP contribution in [0.15, 0.2) is 17.0 Å². The lowest BCUT2D eigenvalue weighted by Crippen LogP contribution is -1.95. The van der Waals surface area contributed by atoms with E-state index in [4.69, 9.17) is 14.7 Å². The van der Waals surface area contributed by atoms with E-state index in [1.165, 1.54) is 19.3 Å². The first-order chi connectivity index (χ1) is 9.26. The summed E-state index contributed by atoms with van der Waals surface area (Å²) in [5.41, 5.74) is 0.875. The summed E-state index contributed by atoms with van der Waals surface area (Å²) in [7, 11) is 3.29. The van der Waals surface area contributed by atoms with E-state index in [1.54, 1.807) is 26.0 Å². The molecule has 0 unspecified atom stereocenters. The highest BCUT2D eigenvalue weighted by Gasteiger charge is 2.11. The monoisotopic (exact) mass is 279 g/mol. The molecule has 0 heterocycles. The van der Waals surface area contributed by atoms with E-state index < -0.39 is 0 Å². The van der Waals surface area contributed by atoms with Crippen molar-refractivity contribution in [1.82, 2.24) is 0 Å². The molecule has 0 radical (unpaired) electrons. The maximum absolute atomic E-state index is 8.82. The largest absolute Gasteiger partial charge is 0.496 e. The van der Waals surface area contributed by atoms with Gasteiger partial charge >= 0.3 is 0 Å². The lowest BCUT2D eigenvalue weighted by Gasteiger charge is -2.13. The maximum Gasteiger partial charge on any atom is 0.132 e. The number of nitrogens with zero attached hydrogens (tertiary/aromatic N) is 1. The first-order valence-electron chi connectivity index (χ1n) is 6.51. The molecule has 1 aromatic rings. The van der Waals surface area contributed by atoms with E-state index in [0.29, 0.717) is 6.42 Å². The van der Waals surface area contributed by atoms with Crippen molar-refractivity contribution in [3.63, 3.8) is 0 Å². The van der Waals surface area contributed by atoms with E-state index in [2.05, 4.69) is 13.0 Å². The van der Waals surface area contributed by atoms with E-state index in [-0.39, 0.29) is 0 Å². The Morgan fingerprint density at radius 2 is 1.89 bits per heavy atom. The van der Waals surface area contributed by atoms with Crippen LogP contribution in [-0.2, 0) is 6.42 Å². The van der Waals surface area contributed by atoms with Gasteiger partial charge in [0.15, 0.2) is 0 Å². The highest BCUT2D eigenvalue weighted by Crippen LogP contribution is 2.36. The quantitative estimate of drug-likeness (QED) is 0.532. The van der Waals surface area contributed by atoms with Gasteiger partial charge in [-0.2, -0.15) is 5.26 Å². The van der Waals surface area contributed by atoms with Gasteiger partial charge in [0.2, 0.25) is 0 Å². The second kappa shape index (κ2) is 8.71. The number of hydrogen-bond acceptors (Lipinski definition) is 4. The van der Waals surface area contributed by atoms with Crippen molar-refractivity contribution in [2.45, 2.75) is 37.5 Å². The lowest BCUT2D eigenvalue weighted by molar-refractivity contribution is 0.391.